The Morgan fingerprint density at radius 3 is 1.78 bits per heavy atom. The number of aliphatic hydroxyl groups excluding tert-OH is 3. The molecule has 0 spiro atoms. The zero-order chi connectivity index (χ0) is 14.7. The molecule has 0 rings (SSSR count). The van der Waals surface area contributed by atoms with E-state index in [1.807, 2.05) is 0 Å². The van der Waals surface area contributed by atoms with Crippen LogP contribution >= 0.6 is 7.82 Å². The summed E-state index contributed by atoms with van der Waals surface area (Å²) in [6.07, 6.45) is -8.00. The number of Topliss-reactive ketones (excluding diaryl/α,β-unsaturated/α-hetero) is 1. The topological polar surface area (TPSA) is 199 Å². The number of carbonyl (C=O) groups excluding carboxylic acids is 2. The fraction of sp³-hybridized carbons (Fsp3) is 0.500. The number of carboxylic acid groups (broad SMARTS) is 1. The zero-order valence-electron chi connectivity index (χ0n) is 8.40. The van der Waals surface area contributed by atoms with Crippen LogP contribution in [0, 0.1) is 0 Å². The monoisotopic (exact) mass is 288 g/mol. The molecule has 0 unspecified atom stereocenters. The van der Waals surface area contributed by atoms with E-state index in [-0.39, 0.29) is 0 Å². The summed E-state index contributed by atoms with van der Waals surface area (Å²) in [5.74, 6) is -6.10. The summed E-state index contributed by atoms with van der Waals surface area (Å²) in [6, 6.07) is 0. The molecule has 0 fully saturated rings. The quantitative estimate of drug-likeness (QED) is 0.208. The van der Waals surface area contributed by atoms with Crippen molar-refractivity contribution < 1.29 is 53.7 Å². The maximum absolute atomic E-state index is 10.8. The number of hydrogen-bond acceptors (Lipinski definition) is 8. The van der Waals surface area contributed by atoms with Crippen molar-refractivity contribution in [2.75, 3.05) is 0 Å². The molecular formula is C6H9O11P. The number of phosphoric ester groups is 1. The smallest absolute Gasteiger partial charge is 0.475 e. The number of carbonyl (C=O) groups is 3. The SMILES string of the molecule is O=C(O)C(=O)[C@@H](O)[C@H](O)[C@H](O)C(=O)OP(=O)(O)O. The van der Waals surface area contributed by atoms with Gasteiger partial charge in [0.25, 0.3) is 5.78 Å². The Bertz CT molecular complexity index is 396. The normalized spacial score (nSPS) is 16.5. The van der Waals surface area contributed by atoms with Crippen LogP contribution in [0.25, 0.3) is 0 Å². The Hall–Kier alpha value is -1.36. The van der Waals surface area contributed by atoms with Crippen molar-refractivity contribution in [2.45, 2.75) is 18.3 Å². The van der Waals surface area contributed by atoms with E-state index in [2.05, 4.69) is 4.52 Å². The van der Waals surface area contributed by atoms with Crippen LogP contribution in [-0.4, -0.2) is 66.2 Å². The Kier molecular flexibility index (Phi) is 5.55. The molecule has 0 amide bonds. The van der Waals surface area contributed by atoms with Crippen molar-refractivity contribution >= 4 is 25.5 Å². The van der Waals surface area contributed by atoms with Gasteiger partial charge in [0.15, 0.2) is 12.2 Å². The third kappa shape index (κ3) is 4.87. The molecule has 0 saturated carbocycles. The maximum Gasteiger partial charge on any atom is 0.527 e. The molecule has 0 aliphatic rings. The minimum absolute atomic E-state index is 1.93. The lowest BCUT2D eigenvalue weighted by atomic mass is 10.0. The molecule has 12 heteroatoms. The molecule has 0 aromatic carbocycles. The predicted octanol–water partition coefficient (Wildman–Crippen LogP) is -3.64. The molecule has 0 aliphatic carbocycles. The van der Waals surface area contributed by atoms with E-state index in [4.69, 9.17) is 30.2 Å². The van der Waals surface area contributed by atoms with Crippen molar-refractivity contribution in [3.63, 3.8) is 0 Å². The summed E-state index contributed by atoms with van der Waals surface area (Å²) in [5, 5.41) is 35.1. The molecule has 6 N–H and O–H groups in total. The summed E-state index contributed by atoms with van der Waals surface area (Å²) >= 11 is 0. The van der Waals surface area contributed by atoms with Crippen molar-refractivity contribution in [3.05, 3.63) is 0 Å². The number of rotatable bonds is 6. The first kappa shape index (κ1) is 16.6. The fourth-order valence-electron chi connectivity index (χ4n) is 0.765. The Labute approximate surface area is 98.5 Å². The van der Waals surface area contributed by atoms with E-state index in [1.54, 1.807) is 0 Å². The maximum atomic E-state index is 10.8. The number of hydrogen-bond donors (Lipinski definition) is 6. The average molecular weight is 288 g/mol. The second kappa shape index (κ2) is 6.00. The highest BCUT2D eigenvalue weighted by atomic mass is 31.2. The van der Waals surface area contributed by atoms with Crippen LogP contribution in [-0.2, 0) is 23.5 Å². The highest BCUT2D eigenvalue weighted by molar-refractivity contribution is 7.46. The van der Waals surface area contributed by atoms with Crippen LogP contribution in [0.3, 0.4) is 0 Å². The molecule has 0 radical (unpaired) electrons. The van der Waals surface area contributed by atoms with E-state index < -0.39 is 43.9 Å². The molecule has 0 aromatic heterocycles. The first-order chi connectivity index (χ1) is 7.97. The van der Waals surface area contributed by atoms with Crippen molar-refractivity contribution in [2.24, 2.45) is 0 Å². The third-order valence-corrected chi connectivity index (χ3v) is 1.99. The van der Waals surface area contributed by atoms with Gasteiger partial charge < -0.3 is 24.9 Å². The molecule has 18 heavy (non-hydrogen) atoms. The minimum atomic E-state index is -5.29. The van der Waals surface area contributed by atoms with Crippen LogP contribution < -0.4 is 0 Å². The fourth-order valence-corrected chi connectivity index (χ4v) is 1.11. The summed E-state index contributed by atoms with van der Waals surface area (Å²) in [4.78, 5) is 48.0. The number of ketones is 1. The van der Waals surface area contributed by atoms with E-state index in [1.165, 1.54) is 0 Å². The number of aliphatic carboxylic acids is 1. The van der Waals surface area contributed by atoms with Gasteiger partial charge >= 0.3 is 19.8 Å². The number of aliphatic hydroxyl groups is 3. The first-order valence-electron chi connectivity index (χ1n) is 4.07. The number of carboxylic acids is 1. The van der Waals surface area contributed by atoms with Crippen LogP contribution in [0.5, 0.6) is 0 Å². The van der Waals surface area contributed by atoms with Crippen molar-refractivity contribution in [1.29, 1.82) is 0 Å². The van der Waals surface area contributed by atoms with Crippen molar-refractivity contribution in [3.8, 4) is 0 Å². The molecule has 0 aromatic rings. The Balaban J connectivity index is 4.74. The molecule has 0 heterocycles. The van der Waals surface area contributed by atoms with Gasteiger partial charge in [-0.05, 0) is 0 Å². The van der Waals surface area contributed by atoms with E-state index in [0.717, 1.165) is 0 Å². The molecule has 0 saturated heterocycles. The minimum Gasteiger partial charge on any atom is -0.475 e. The van der Waals surface area contributed by atoms with Gasteiger partial charge in [-0.2, -0.15) is 0 Å². The molecule has 3 atom stereocenters. The third-order valence-electron chi connectivity index (χ3n) is 1.58. The largest absolute Gasteiger partial charge is 0.527 e. The van der Waals surface area contributed by atoms with Gasteiger partial charge in [0, 0.05) is 0 Å². The summed E-state index contributed by atoms with van der Waals surface area (Å²) < 4.78 is 13.6. The van der Waals surface area contributed by atoms with Crippen LogP contribution in [0.1, 0.15) is 0 Å². The molecule has 104 valence electrons. The van der Waals surface area contributed by atoms with Gasteiger partial charge in [-0.3, -0.25) is 14.6 Å². The highest BCUT2D eigenvalue weighted by Crippen LogP contribution is 2.36. The lowest BCUT2D eigenvalue weighted by Gasteiger charge is -2.19. The lowest BCUT2D eigenvalue weighted by Crippen LogP contribution is -2.48. The van der Waals surface area contributed by atoms with Crippen molar-refractivity contribution in [1.82, 2.24) is 0 Å². The summed E-state index contributed by atoms with van der Waals surface area (Å²) in [7, 11) is -5.29. The van der Waals surface area contributed by atoms with Gasteiger partial charge in [-0.1, -0.05) is 0 Å². The average Bonchev–Trinajstić information content (AvgIpc) is 2.22. The zero-order valence-corrected chi connectivity index (χ0v) is 9.30. The lowest BCUT2D eigenvalue weighted by molar-refractivity contribution is -0.165. The van der Waals surface area contributed by atoms with E-state index in [0.29, 0.717) is 0 Å². The standard InChI is InChI=1S/C6H9O11P/c7-1(3(9)5(11)12)2(8)4(10)6(13)17-18(14,15)16/h1-2,4,7-8,10H,(H,11,12)(H2,14,15,16)/t1-,2-,4-/m0/s1. The highest BCUT2D eigenvalue weighted by Gasteiger charge is 2.39. The van der Waals surface area contributed by atoms with Gasteiger partial charge in [-0.25, -0.2) is 14.2 Å². The predicted molar refractivity (Wildman–Crippen MR) is 48.8 cm³/mol. The second-order valence-corrected chi connectivity index (χ2v) is 4.11. The molecule has 11 nitrogen and oxygen atoms in total. The first-order valence-corrected chi connectivity index (χ1v) is 5.60. The van der Waals surface area contributed by atoms with Crippen LogP contribution in [0.15, 0.2) is 0 Å². The second-order valence-electron chi connectivity index (χ2n) is 2.95. The van der Waals surface area contributed by atoms with Gasteiger partial charge in [0.2, 0.25) is 0 Å². The molecular weight excluding hydrogens is 279 g/mol. The van der Waals surface area contributed by atoms with E-state index >= 15 is 0 Å². The van der Waals surface area contributed by atoms with Crippen LogP contribution in [0.4, 0.5) is 0 Å². The summed E-state index contributed by atoms with van der Waals surface area (Å²) in [6.45, 7) is 0. The Morgan fingerprint density at radius 1 is 1.00 bits per heavy atom. The van der Waals surface area contributed by atoms with E-state index in [9.17, 15) is 18.9 Å². The van der Waals surface area contributed by atoms with Gasteiger partial charge in [0.1, 0.15) is 6.10 Å². The molecule has 0 aliphatic heterocycles. The van der Waals surface area contributed by atoms with Gasteiger partial charge in [0.05, 0.1) is 0 Å². The Morgan fingerprint density at radius 2 is 1.44 bits per heavy atom. The molecule has 0 bridgehead atoms. The van der Waals surface area contributed by atoms with Crippen LogP contribution in [0.2, 0.25) is 0 Å². The summed E-state index contributed by atoms with van der Waals surface area (Å²) in [5.41, 5.74) is 0. The number of phosphoric acid groups is 1. The van der Waals surface area contributed by atoms with Gasteiger partial charge in [-0.15, -0.1) is 0 Å².